The van der Waals surface area contributed by atoms with Crippen LogP contribution in [0.3, 0.4) is 0 Å². The number of hydrogen-bond donors (Lipinski definition) is 2. The number of anilines is 1. The summed E-state index contributed by atoms with van der Waals surface area (Å²) in [6.07, 6.45) is 3.73. The van der Waals surface area contributed by atoms with Crippen LogP contribution < -0.4 is 10.6 Å². The molecular weight excluding hydrogens is 245 g/mol. The van der Waals surface area contributed by atoms with Gasteiger partial charge in [-0.25, -0.2) is 9.37 Å². The molecular formula is C14H22FN3O. The summed E-state index contributed by atoms with van der Waals surface area (Å²) in [6.45, 7) is 6.73. The van der Waals surface area contributed by atoms with Gasteiger partial charge in [-0.1, -0.05) is 20.8 Å². The lowest BCUT2D eigenvalue weighted by molar-refractivity contribution is 0.0935. The van der Waals surface area contributed by atoms with Crippen molar-refractivity contribution < 1.29 is 9.18 Å². The van der Waals surface area contributed by atoms with Gasteiger partial charge in [0.15, 0.2) is 0 Å². The number of nitrogens with zero attached hydrogens (tertiary/aromatic N) is 1. The maximum absolute atomic E-state index is 13.3. The molecule has 4 nitrogen and oxygen atoms in total. The van der Waals surface area contributed by atoms with E-state index in [0.717, 1.165) is 25.5 Å². The first-order chi connectivity index (χ1) is 9.12. The number of pyridine rings is 1. The van der Waals surface area contributed by atoms with Crippen LogP contribution in [0.15, 0.2) is 12.3 Å². The molecule has 0 aliphatic rings. The van der Waals surface area contributed by atoms with Gasteiger partial charge >= 0.3 is 0 Å². The van der Waals surface area contributed by atoms with Gasteiger partial charge in [-0.05, 0) is 25.3 Å². The lowest BCUT2D eigenvalue weighted by Gasteiger charge is -2.16. The number of amides is 1. The molecule has 0 unspecified atom stereocenters. The monoisotopic (exact) mass is 267 g/mol. The second-order valence-electron chi connectivity index (χ2n) is 4.46. The lowest BCUT2D eigenvalue weighted by atomic mass is 10.1. The summed E-state index contributed by atoms with van der Waals surface area (Å²) in [7, 11) is 0. The van der Waals surface area contributed by atoms with Gasteiger partial charge in [0.05, 0.1) is 11.8 Å². The summed E-state index contributed by atoms with van der Waals surface area (Å²) in [5, 5.41) is 5.93. The Hall–Kier alpha value is -1.65. The zero-order valence-corrected chi connectivity index (χ0v) is 11.8. The normalized spacial score (nSPS) is 10.6. The highest BCUT2D eigenvalue weighted by Crippen LogP contribution is 2.14. The first kappa shape index (κ1) is 15.4. The fourth-order valence-electron chi connectivity index (χ4n) is 1.75. The van der Waals surface area contributed by atoms with Crippen LogP contribution in [0, 0.1) is 5.82 Å². The van der Waals surface area contributed by atoms with Crippen molar-refractivity contribution in [1.82, 2.24) is 10.3 Å². The Balaban J connectivity index is 2.89. The lowest BCUT2D eigenvalue weighted by Crippen LogP contribution is -2.34. The predicted octanol–water partition coefficient (Wildman–Crippen LogP) is 2.96. The minimum Gasteiger partial charge on any atom is -0.369 e. The second-order valence-corrected chi connectivity index (χ2v) is 4.46. The van der Waals surface area contributed by atoms with Crippen LogP contribution >= 0.6 is 0 Å². The zero-order valence-electron chi connectivity index (χ0n) is 11.8. The molecule has 1 amide bonds. The smallest absolute Gasteiger partial charge is 0.255 e. The van der Waals surface area contributed by atoms with E-state index in [-0.39, 0.29) is 17.5 Å². The number of aromatic nitrogens is 1. The third kappa shape index (κ3) is 4.50. The molecule has 0 saturated heterocycles. The Morgan fingerprint density at radius 1 is 1.37 bits per heavy atom. The van der Waals surface area contributed by atoms with Crippen LogP contribution in [-0.4, -0.2) is 23.5 Å². The first-order valence-corrected chi connectivity index (χ1v) is 6.82. The molecule has 1 aromatic rings. The molecule has 1 heterocycles. The van der Waals surface area contributed by atoms with E-state index in [9.17, 15) is 9.18 Å². The van der Waals surface area contributed by atoms with Gasteiger partial charge in [-0.3, -0.25) is 4.79 Å². The zero-order chi connectivity index (χ0) is 14.3. The molecule has 106 valence electrons. The van der Waals surface area contributed by atoms with Crippen molar-refractivity contribution in [3.8, 4) is 0 Å². The summed E-state index contributed by atoms with van der Waals surface area (Å²) >= 11 is 0. The highest BCUT2D eigenvalue weighted by Gasteiger charge is 2.16. The highest BCUT2D eigenvalue weighted by atomic mass is 19.1. The molecule has 2 N–H and O–H groups in total. The van der Waals surface area contributed by atoms with Gasteiger partial charge in [0.2, 0.25) is 0 Å². The van der Waals surface area contributed by atoms with Crippen molar-refractivity contribution >= 4 is 11.7 Å². The van der Waals surface area contributed by atoms with E-state index < -0.39 is 5.82 Å². The third-order valence-corrected chi connectivity index (χ3v) is 2.96. The molecule has 5 heteroatoms. The number of carbonyl (C=O) groups is 1. The van der Waals surface area contributed by atoms with Gasteiger partial charge in [0.25, 0.3) is 5.91 Å². The molecule has 1 aromatic heterocycles. The van der Waals surface area contributed by atoms with E-state index in [4.69, 9.17) is 0 Å². The summed E-state index contributed by atoms with van der Waals surface area (Å²) in [6, 6.07) is 1.33. The average molecular weight is 267 g/mol. The summed E-state index contributed by atoms with van der Waals surface area (Å²) in [5.74, 6) is -0.345. The Labute approximate surface area is 113 Å². The van der Waals surface area contributed by atoms with Crippen molar-refractivity contribution in [2.24, 2.45) is 0 Å². The Morgan fingerprint density at radius 3 is 2.63 bits per heavy atom. The largest absolute Gasteiger partial charge is 0.369 e. The third-order valence-electron chi connectivity index (χ3n) is 2.96. The maximum Gasteiger partial charge on any atom is 0.255 e. The summed E-state index contributed by atoms with van der Waals surface area (Å²) in [5.41, 5.74) is 0.264. The van der Waals surface area contributed by atoms with Gasteiger partial charge in [0, 0.05) is 12.6 Å². The van der Waals surface area contributed by atoms with Crippen molar-refractivity contribution in [3.05, 3.63) is 23.6 Å². The fraction of sp³-hybridized carbons (Fsp3) is 0.571. The van der Waals surface area contributed by atoms with Gasteiger partial charge in [-0.2, -0.15) is 0 Å². The van der Waals surface area contributed by atoms with E-state index in [1.807, 2.05) is 20.8 Å². The number of nitrogens with one attached hydrogen (secondary N) is 2. The molecule has 0 atom stereocenters. The van der Waals surface area contributed by atoms with E-state index in [0.29, 0.717) is 12.4 Å². The molecule has 0 bridgehead atoms. The number of carbonyl (C=O) groups excluding carboxylic acids is 1. The minimum atomic E-state index is -0.503. The van der Waals surface area contributed by atoms with Crippen LogP contribution in [0.5, 0.6) is 0 Å². The molecule has 1 rings (SSSR count). The molecule has 0 spiro atoms. The molecule has 0 aliphatic carbocycles. The number of halogens is 1. The summed E-state index contributed by atoms with van der Waals surface area (Å²) in [4.78, 5) is 16.1. The molecule has 0 saturated carbocycles. The maximum atomic E-state index is 13.3. The molecule has 0 fully saturated rings. The standard InChI is InChI=1S/C14H22FN3O/c1-4-7-16-13-12(8-10(15)9-17-13)14(19)18-11(5-2)6-3/h8-9,11H,4-7H2,1-3H3,(H,16,17)(H,18,19). The quantitative estimate of drug-likeness (QED) is 0.798. The summed E-state index contributed by atoms with van der Waals surface area (Å²) < 4.78 is 13.3. The van der Waals surface area contributed by atoms with Gasteiger partial charge in [0.1, 0.15) is 11.6 Å². The fourth-order valence-corrected chi connectivity index (χ4v) is 1.75. The molecule has 0 radical (unpaired) electrons. The van der Waals surface area contributed by atoms with Crippen molar-refractivity contribution in [1.29, 1.82) is 0 Å². The van der Waals surface area contributed by atoms with Crippen LogP contribution in [-0.2, 0) is 0 Å². The van der Waals surface area contributed by atoms with Crippen LogP contribution in [0.2, 0.25) is 0 Å². The van der Waals surface area contributed by atoms with Gasteiger partial charge in [-0.15, -0.1) is 0 Å². The van der Waals surface area contributed by atoms with E-state index in [2.05, 4.69) is 15.6 Å². The van der Waals surface area contributed by atoms with Crippen molar-refractivity contribution in [2.75, 3.05) is 11.9 Å². The average Bonchev–Trinajstić information content (AvgIpc) is 2.43. The Kier molecular flexibility index (Phi) is 6.25. The van der Waals surface area contributed by atoms with Gasteiger partial charge < -0.3 is 10.6 Å². The van der Waals surface area contributed by atoms with E-state index in [1.165, 1.54) is 6.07 Å². The van der Waals surface area contributed by atoms with Crippen LogP contribution in [0.1, 0.15) is 50.4 Å². The molecule has 0 aliphatic heterocycles. The van der Waals surface area contributed by atoms with Crippen LogP contribution in [0.25, 0.3) is 0 Å². The molecule has 0 aromatic carbocycles. The van der Waals surface area contributed by atoms with E-state index >= 15 is 0 Å². The minimum absolute atomic E-state index is 0.106. The first-order valence-electron chi connectivity index (χ1n) is 6.82. The highest BCUT2D eigenvalue weighted by molar-refractivity contribution is 5.98. The topological polar surface area (TPSA) is 54.0 Å². The number of hydrogen-bond acceptors (Lipinski definition) is 3. The second kappa shape index (κ2) is 7.71. The van der Waals surface area contributed by atoms with Crippen molar-refractivity contribution in [2.45, 2.75) is 46.1 Å². The SMILES string of the molecule is CCCNc1ncc(F)cc1C(=O)NC(CC)CC. The van der Waals surface area contributed by atoms with Crippen molar-refractivity contribution in [3.63, 3.8) is 0 Å². The van der Waals surface area contributed by atoms with Crippen LogP contribution in [0.4, 0.5) is 10.2 Å². The Bertz CT molecular complexity index is 419. The number of rotatable bonds is 7. The van der Waals surface area contributed by atoms with E-state index in [1.54, 1.807) is 0 Å². The predicted molar refractivity (Wildman–Crippen MR) is 74.8 cm³/mol. The molecule has 19 heavy (non-hydrogen) atoms. The Morgan fingerprint density at radius 2 is 2.05 bits per heavy atom.